The lowest BCUT2D eigenvalue weighted by Crippen LogP contribution is -2.33. The van der Waals surface area contributed by atoms with Gasteiger partial charge in [0.1, 0.15) is 12.1 Å². The highest BCUT2D eigenvalue weighted by Gasteiger charge is 2.29. The second-order valence-corrected chi connectivity index (χ2v) is 7.86. The molecular weight excluding hydrogens is 349 g/mol. The van der Waals surface area contributed by atoms with E-state index in [1.165, 1.54) is 23.5 Å². The van der Waals surface area contributed by atoms with E-state index in [-0.39, 0.29) is 24.1 Å². The standard InChI is InChI=1S/C19H24FN5O2/c1-11(21)14-8-16-17(18(26)27-9-19(2,3)4)23-10-24(16)13-6-5-12(20)7-15(13)25(14)22/h5-7,10H,8-9,21-22H2,1-4H3/b14-11-. The fourth-order valence-electron chi connectivity index (χ4n) is 2.88. The van der Waals surface area contributed by atoms with E-state index in [0.29, 0.717) is 28.5 Å². The van der Waals surface area contributed by atoms with Crippen molar-refractivity contribution in [1.82, 2.24) is 9.55 Å². The highest BCUT2D eigenvalue weighted by Crippen LogP contribution is 2.34. The fourth-order valence-corrected chi connectivity index (χ4v) is 2.88. The number of imidazole rings is 1. The predicted octanol–water partition coefficient (Wildman–Crippen LogP) is 2.64. The van der Waals surface area contributed by atoms with Crippen molar-refractivity contribution >= 4 is 11.7 Å². The van der Waals surface area contributed by atoms with E-state index in [1.54, 1.807) is 17.6 Å². The first kappa shape index (κ1) is 18.9. The number of esters is 1. The van der Waals surface area contributed by atoms with Crippen molar-refractivity contribution in [2.45, 2.75) is 34.1 Å². The second kappa shape index (κ2) is 6.70. The van der Waals surface area contributed by atoms with E-state index in [9.17, 15) is 9.18 Å². The molecule has 1 aliphatic rings. The van der Waals surface area contributed by atoms with E-state index >= 15 is 0 Å². The fraction of sp³-hybridized carbons (Fsp3) is 0.368. The molecular formula is C19H24FN5O2. The minimum atomic E-state index is -0.512. The molecule has 7 nitrogen and oxygen atoms in total. The number of benzene rings is 1. The molecule has 0 saturated heterocycles. The molecule has 0 atom stereocenters. The summed E-state index contributed by atoms with van der Waals surface area (Å²) < 4.78 is 21.0. The third-order valence-corrected chi connectivity index (χ3v) is 4.23. The maximum absolute atomic E-state index is 13.8. The Hall–Kier alpha value is -2.87. The van der Waals surface area contributed by atoms with Gasteiger partial charge in [-0.15, -0.1) is 0 Å². The Bertz CT molecular complexity index is 923. The first-order valence-corrected chi connectivity index (χ1v) is 8.62. The molecule has 0 aliphatic carbocycles. The summed E-state index contributed by atoms with van der Waals surface area (Å²) in [7, 11) is 0. The number of nitrogens with zero attached hydrogens (tertiary/aromatic N) is 3. The largest absolute Gasteiger partial charge is 0.460 e. The molecule has 0 unspecified atom stereocenters. The summed E-state index contributed by atoms with van der Waals surface area (Å²) in [6, 6.07) is 4.25. The van der Waals surface area contributed by atoms with E-state index in [1.807, 2.05) is 20.8 Å². The number of nitrogens with two attached hydrogens (primary N) is 2. The highest BCUT2D eigenvalue weighted by atomic mass is 19.1. The summed E-state index contributed by atoms with van der Waals surface area (Å²) in [5, 5.41) is 1.35. The zero-order valence-corrected chi connectivity index (χ0v) is 15.9. The maximum atomic E-state index is 13.8. The Balaban J connectivity index is 2.11. The van der Waals surface area contributed by atoms with Crippen molar-refractivity contribution in [3.05, 3.63) is 53.1 Å². The van der Waals surface area contributed by atoms with Gasteiger partial charge in [0.05, 0.1) is 29.4 Å². The van der Waals surface area contributed by atoms with Gasteiger partial charge in [0, 0.05) is 18.2 Å². The van der Waals surface area contributed by atoms with Gasteiger partial charge in [-0.3, -0.25) is 9.58 Å². The van der Waals surface area contributed by atoms with Crippen molar-refractivity contribution in [1.29, 1.82) is 0 Å². The van der Waals surface area contributed by atoms with Gasteiger partial charge in [0.2, 0.25) is 0 Å². The zero-order chi connectivity index (χ0) is 19.9. The third kappa shape index (κ3) is 3.66. The number of ether oxygens (including phenoxy) is 1. The van der Waals surface area contributed by atoms with Crippen LogP contribution in [0.1, 0.15) is 43.9 Å². The van der Waals surface area contributed by atoms with Crippen molar-refractivity contribution in [2.24, 2.45) is 17.0 Å². The number of rotatable bonds is 2. The molecule has 0 spiro atoms. The molecule has 0 amide bonds. The van der Waals surface area contributed by atoms with E-state index in [4.69, 9.17) is 16.3 Å². The lowest BCUT2D eigenvalue weighted by Gasteiger charge is -2.22. The third-order valence-electron chi connectivity index (χ3n) is 4.23. The molecule has 1 aliphatic heterocycles. The number of halogens is 1. The monoisotopic (exact) mass is 373 g/mol. The van der Waals surface area contributed by atoms with Gasteiger partial charge in [-0.1, -0.05) is 20.8 Å². The number of carbonyl (C=O) groups excluding carboxylic acids is 1. The van der Waals surface area contributed by atoms with E-state index in [0.717, 1.165) is 0 Å². The average Bonchev–Trinajstić information content (AvgIpc) is 2.94. The van der Waals surface area contributed by atoms with Crippen LogP contribution in [-0.2, 0) is 11.2 Å². The quantitative estimate of drug-likeness (QED) is 0.620. The number of hydrogen-bond acceptors (Lipinski definition) is 6. The Labute approximate surface area is 157 Å². The Morgan fingerprint density at radius 3 is 2.67 bits per heavy atom. The number of aromatic nitrogens is 2. The van der Waals surface area contributed by atoms with Crippen molar-refractivity contribution in [3.8, 4) is 5.69 Å². The maximum Gasteiger partial charge on any atom is 0.358 e. The summed E-state index contributed by atoms with van der Waals surface area (Å²) in [4.78, 5) is 16.9. The smallest absolute Gasteiger partial charge is 0.358 e. The number of hydrogen-bond donors (Lipinski definition) is 2. The number of fused-ring (bicyclic) bond motifs is 3. The van der Waals surface area contributed by atoms with Crippen LogP contribution in [0.3, 0.4) is 0 Å². The molecule has 0 bridgehead atoms. The van der Waals surface area contributed by atoms with Crippen LogP contribution < -0.4 is 16.6 Å². The van der Waals surface area contributed by atoms with Crippen molar-refractivity contribution < 1.29 is 13.9 Å². The topological polar surface area (TPSA) is 99.4 Å². The molecule has 0 radical (unpaired) electrons. The minimum absolute atomic E-state index is 0.163. The summed E-state index contributed by atoms with van der Waals surface area (Å²) >= 11 is 0. The number of anilines is 1. The normalized spacial score (nSPS) is 15.7. The van der Waals surface area contributed by atoms with Crippen LogP contribution in [0, 0.1) is 11.2 Å². The van der Waals surface area contributed by atoms with Crippen LogP contribution in [0.2, 0.25) is 0 Å². The number of carbonyl (C=O) groups is 1. The number of allylic oxidation sites excluding steroid dienone is 2. The number of hydrazine groups is 1. The molecule has 0 fully saturated rings. The summed E-state index contributed by atoms with van der Waals surface area (Å²) in [6.07, 6.45) is 1.78. The van der Waals surface area contributed by atoms with Gasteiger partial charge in [-0.05, 0) is 24.5 Å². The molecule has 3 rings (SSSR count). The lowest BCUT2D eigenvalue weighted by atomic mass is 9.99. The molecule has 4 N–H and O–H groups in total. The highest BCUT2D eigenvalue weighted by molar-refractivity contribution is 5.89. The van der Waals surface area contributed by atoms with Crippen LogP contribution in [0.5, 0.6) is 0 Å². The molecule has 144 valence electrons. The van der Waals surface area contributed by atoms with Gasteiger partial charge in [0.15, 0.2) is 5.69 Å². The van der Waals surface area contributed by atoms with Crippen LogP contribution in [-0.4, -0.2) is 22.1 Å². The van der Waals surface area contributed by atoms with E-state index in [2.05, 4.69) is 4.98 Å². The summed E-state index contributed by atoms with van der Waals surface area (Å²) in [6.45, 7) is 7.90. The van der Waals surface area contributed by atoms with E-state index < -0.39 is 11.8 Å². The predicted molar refractivity (Wildman–Crippen MR) is 101 cm³/mol. The molecule has 27 heavy (non-hydrogen) atoms. The lowest BCUT2D eigenvalue weighted by molar-refractivity contribution is 0.0359. The first-order valence-electron chi connectivity index (χ1n) is 8.62. The van der Waals surface area contributed by atoms with Crippen LogP contribution in [0.4, 0.5) is 10.1 Å². The Kier molecular flexibility index (Phi) is 4.69. The van der Waals surface area contributed by atoms with Crippen LogP contribution >= 0.6 is 0 Å². The summed E-state index contributed by atoms with van der Waals surface area (Å²) in [5.41, 5.74) is 8.70. The molecule has 0 saturated carbocycles. The van der Waals surface area contributed by atoms with Crippen molar-refractivity contribution in [3.63, 3.8) is 0 Å². The summed E-state index contributed by atoms with van der Waals surface area (Å²) in [5.74, 6) is 5.28. The Morgan fingerprint density at radius 2 is 2.04 bits per heavy atom. The Morgan fingerprint density at radius 1 is 1.33 bits per heavy atom. The van der Waals surface area contributed by atoms with Gasteiger partial charge in [-0.25, -0.2) is 20.0 Å². The average molecular weight is 373 g/mol. The SMILES string of the molecule is C/C(N)=C1\Cc2c(C(=O)OCC(C)(C)C)ncn2-c2ccc(F)cc2N1N. The molecule has 8 heteroatoms. The minimum Gasteiger partial charge on any atom is -0.460 e. The first-order chi connectivity index (χ1) is 12.6. The van der Waals surface area contributed by atoms with Gasteiger partial charge < -0.3 is 10.5 Å². The zero-order valence-electron chi connectivity index (χ0n) is 15.9. The van der Waals surface area contributed by atoms with Crippen LogP contribution in [0.15, 0.2) is 35.9 Å². The van der Waals surface area contributed by atoms with Crippen molar-refractivity contribution in [2.75, 3.05) is 11.6 Å². The molecule has 1 aromatic carbocycles. The molecule has 2 aromatic rings. The van der Waals surface area contributed by atoms with Crippen LogP contribution in [0.25, 0.3) is 5.69 Å². The molecule has 2 heterocycles. The van der Waals surface area contributed by atoms with Gasteiger partial charge in [-0.2, -0.15) is 0 Å². The second-order valence-electron chi connectivity index (χ2n) is 7.86. The van der Waals surface area contributed by atoms with Gasteiger partial charge in [0.25, 0.3) is 0 Å². The molecule has 1 aromatic heterocycles. The van der Waals surface area contributed by atoms with Gasteiger partial charge >= 0.3 is 5.97 Å².